The van der Waals surface area contributed by atoms with Crippen LogP contribution in [0.2, 0.25) is 0 Å². The topological polar surface area (TPSA) is 17.1 Å². The van der Waals surface area contributed by atoms with Crippen LogP contribution >= 0.6 is 0 Å². The molecule has 56 valence electrons. The van der Waals surface area contributed by atoms with E-state index < -0.39 is 0 Å². The molecule has 0 aliphatic carbocycles. The van der Waals surface area contributed by atoms with Gasteiger partial charge in [-0.1, -0.05) is 18.2 Å². The molecule has 1 aromatic carbocycles. The number of benzene rings is 1. The first-order valence-corrected chi connectivity index (χ1v) is 3.20. The van der Waals surface area contributed by atoms with Gasteiger partial charge in [0.15, 0.2) is 0 Å². The minimum atomic E-state index is -0.293. The summed E-state index contributed by atoms with van der Waals surface area (Å²) in [5, 5.41) is 0. The van der Waals surface area contributed by atoms with Crippen molar-refractivity contribution in [1.82, 2.24) is 0 Å². The van der Waals surface area contributed by atoms with Gasteiger partial charge in [-0.2, -0.15) is 0 Å². The van der Waals surface area contributed by atoms with E-state index >= 15 is 0 Å². The van der Waals surface area contributed by atoms with E-state index in [4.69, 9.17) is 0 Å². The van der Waals surface area contributed by atoms with Crippen LogP contribution in [0.3, 0.4) is 0 Å². The van der Waals surface area contributed by atoms with Gasteiger partial charge in [0.2, 0.25) is 0 Å². The normalized spacial score (nSPS) is 10.3. The first-order valence-electron chi connectivity index (χ1n) is 3.20. The number of carbonyl (C=O) groups excluding carboxylic acids is 1. The third-order valence-corrected chi connectivity index (χ3v) is 1.22. The summed E-state index contributed by atoms with van der Waals surface area (Å²) in [7, 11) is 0. The van der Waals surface area contributed by atoms with Crippen LogP contribution in [0, 0.1) is 5.82 Å². The van der Waals surface area contributed by atoms with Crippen LogP contribution in [0.4, 0.5) is 4.39 Å². The fourth-order valence-electron chi connectivity index (χ4n) is 0.761. The molecule has 0 fully saturated rings. The SMILES string of the molecule is O=CC=Cc1cccc(F)c1. The summed E-state index contributed by atoms with van der Waals surface area (Å²) in [5.41, 5.74) is 0.692. The van der Waals surface area contributed by atoms with Crippen molar-refractivity contribution in [3.05, 3.63) is 41.7 Å². The summed E-state index contributed by atoms with van der Waals surface area (Å²) < 4.78 is 12.5. The minimum Gasteiger partial charge on any atom is -0.299 e. The lowest BCUT2D eigenvalue weighted by atomic mass is 10.2. The monoisotopic (exact) mass is 150 g/mol. The molecule has 0 bridgehead atoms. The largest absolute Gasteiger partial charge is 0.299 e. The van der Waals surface area contributed by atoms with Crippen LogP contribution in [0.1, 0.15) is 5.56 Å². The highest BCUT2D eigenvalue weighted by atomic mass is 19.1. The van der Waals surface area contributed by atoms with Crippen molar-refractivity contribution in [2.24, 2.45) is 0 Å². The van der Waals surface area contributed by atoms with E-state index in [1.807, 2.05) is 0 Å². The van der Waals surface area contributed by atoms with Gasteiger partial charge in [0, 0.05) is 0 Å². The molecule has 0 spiro atoms. The van der Waals surface area contributed by atoms with Crippen molar-refractivity contribution in [2.75, 3.05) is 0 Å². The molecule has 0 unspecified atom stereocenters. The maximum absolute atomic E-state index is 12.5. The van der Waals surface area contributed by atoms with Gasteiger partial charge in [0.05, 0.1) is 0 Å². The second-order valence-electron chi connectivity index (χ2n) is 2.05. The number of hydrogen-bond donors (Lipinski definition) is 0. The van der Waals surface area contributed by atoms with E-state index in [-0.39, 0.29) is 5.82 Å². The molecule has 0 aliphatic rings. The van der Waals surface area contributed by atoms with Gasteiger partial charge in [-0.25, -0.2) is 4.39 Å². The fourth-order valence-corrected chi connectivity index (χ4v) is 0.761. The molecule has 0 aliphatic heterocycles. The Labute approximate surface area is 64.2 Å². The highest BCUT2D eigenvalue weighted by Crippen LogP contribution is 2.04. The van der Waals surface area contributed by atoms with Gasteiger partial charge in [-0.3, -0.25) is 4.79 Å². The van der Waals surface area contributed by atoms with Gasteiger partial charge in [-0.15, -0.1) is 0 Å². The van der Waals surface area contributed by atoms with Gasteiger partial charge in [0.25, 0.3) is 0 Å². The number of carbonyl (C=O) groups is 1. The third-order valence-electron chi connectivity index (χ3n) is 1.22. The van der Waals surface area contributed by atoms with Crippen molar-refractivity contribution in [2.45, 2.75) is 0 Å². The Bertz CT molecular complexity index is 279. The van der Waals surface area contributed by atoms with Crippen LogP contribution in [-0.2, 0) is 4.79 Å². The minimum absolute atomic E-state index is 0.293. The summed E-state index contributed by atoms with van der Waals surface area (Å²) in [6.07, 6.45) is 3.54. The first-order chi connectivity index (χ1) is 5.33. The molecule has 0 radical (unpaired) electrons. The standard InChI is InChI=1S/C9H7FO/c10-9-5-1-3-8(7-9)4-2-6-11/h1-7H. The zero-order valence-corrected chi connectivity index (χ0v) is 5.83. The predicted octanol–water partition coefficient (Wildman–Crippen LogP) is 2.04. The van der Waals surface area contributed by atoms with E-state index in [2.05, 4.69) is 0 Å². The molecular weight excluding hydrogens is 143 g/mol. The van der Waals surface area contributed by atoms with Gasteiger partial charge in [-0.05, 0) is 23.8 Å². The highest BCUT2D eigenvalue weighted by molar-refractivity contribution is 5.73. The molecule has 1 rings (SSSR count). The molecule has 0 saturated heterocycles. The second-order valence-corrected chi connectivity index (χ2v) is 2.05. The third kappa shape index (κ3) is 2.34. The Hall–Kier alpha value is -1.44. The quantitative estimate of drug-likeness (QED) is 0.465. The molecular formula is C9H7FO. The average molecular weight is 150 g/mol. The van der Waals surface area contributed by atoms with Crippen LogP contribution in [-0.4, -0.2) is 6.29 Å². The fraction of sp³-hybridized carbons (Fsp3) is 0. The molecule has 1 aromatic rings. The summed E-state index contributed by atoms with van der Waals surface area (Å²) in [5.74, 6) is -0.293. The van der Waals surface area contributed by atoms with Gasteiger partial charge >= 0.3 is 0 Å². The highest BCUT2D eigenvalue weighted by Gasteiger charge is 1.88. The van der Waals surface area contributed by atoms with Crippen molar-refractivity contribution < 1.29 is 9.18 Å². The molecule has 0 aromatic heterocycles. The average Bonchev–Trinajstić information content (AvgIpc) is 2.01. The van der Waals surface area contributed by atoms with Gasteiger partial charge in [0.1, 0.15) is 12.1 Å². The molecule has 0 heterocycles. The van der Waals surface area contributed by atoms with Crippen LogP contribution in [0.25, 0.3) is 6.08 Å². The molecule has 0 atom stereocenters. The van der Waals surface area contributed by atoms with E-state index in [1.165, 1.54) is 18.2 Å². The lowest BCUT2D eigenvalue weighted by Gasteiger charge is -1.90. The van der Waals surface area contributed by atoms with E-state index in [1.54, 1.807) is 18.2 Å². The predicted molar refractivity (Wildman–Crippen MR) is 41.5 cm³/mol. The van der Waals surface area contributed by atoms with E-state index in [0.29, 0.717) is 11.8 Å². The van der Waals surface area contributed by atoms with E-state index in [0.717, 1.165) is 0 Å². The lowest BCUT2D eigenvalue weighted by Crippen LogP contribution is -1.74. The first kappa shape index (κ1) is 7.66. The summed E-state index contributed by atoms with van der Waals surface area (Å²) in [4.78, 5) is 9.88. The van der Waals surface area contributed by atoms with Gasteiger partial charge < -0.3 is 0 Å². The zero-order chi connectivity index (χ0) is 8.10. The van der Waals surface area contributed by atoms with Crippen LogP contribution in [0.15, 0.2) is 30.3 Å². The Morgan fingerprint density at radius 2 is 2.18 bits per heavy atom. The summed E-state index contributed by atoms with van der Waals surface area (Å²) >= 11 is 0. The maximum Gasteiger partial charge on any atom is 0.142 e. The Kier molecular flexibility index (Phi) is 2.55. The Balaban J connectivity index is 2.87. The molecule has 0 N–H and O–H groups in total. The summed E-state index contributed by atoms with van der Waals surface area (Å²) in [6, 6.07) is 6.04. The molecule has 1 nitrogen and oxygen atoms in total. The maximum atomic E-state index is 12.5. The smallest absolute Gasteiger partial charge is 0.142 e. The molecule has 11 heavy (non-hydrogen) atoms. The summed E-state index contributed by atoms with van der Waals surface area (Å²) in [6.45, 7) is 0. The Morgan fingerprint density at radius 3 is 2.82 bits per heavy atom. The number of allylic oxidation sites excluding steroid dienone is 1. The van der Waals surface area contributed by atoms with Crippen LogP contribution in [0.5, 0.6) is 0 Å². The lowest BCUT2D eigenvalue weighted by molar-refractivity contribution is -0.104. The number of hydrogen-bond acceptors (Lipinski definition) is 1. The second kappa shape index (κ2) is 3.66. The number of halogens is 1. The molecule has 0 saturated carbocycles. The molecule has 2 heteroatoms. The van der Waals surface area contributed by atoms with Crippen molar-refractivity contribution in [3.63, 3.8) is 0 Å². The van der Waals surface area contributed by atoms with Crippen molar-refractivity contribution in [3.8, 4) is 0 Å². The van der Waals surface area contributed by atoms with Crippen LogP contribution < -0.4 is 0 Å². The number of rotatable bonds is 2. The zero-order valence-electron chi connectivity index (χ0n) is 5.83. The van der Waals surface area contributed by atoms with Crippen molar-refractivity contribution >= 4 is 12.4 Å². The van der Waals surface area contributed by atoms with E-state index in [9.17, 15) is 9.18 Å². The molecule has 0 amide bonds. The number of aldehydes is 1. The Morgan fingerprint density at radius 1 is 1.36 bits per heavy atom. The van der Waals surface area contributed by atoms with Crippen molar-refractivity contribution in [1.29, 1.82) is 0 Å².